The zero-order chi connectivity index (χ0) is 18.6. The molecule has 0 radical (unpaired) electrons. The van der Waals surface area contributed by atoms with E-state index in [-0.39, 0.29) is 0 Å². The molecule has 132 valence electrons. The first-order valence-corrected chi connectivity index (χ1v) is 7.57. The number of halogens is 3. The number of para-hydroxylation sites is 1. The highest BCUT2D eigenvalue weighted by molar-refractivity contribution is 6.31. The van der Waals surface area contributed by atoms with Crippen molar-refractivity contribution in [3.05, 3.63) is 52.6 Å². The van der Waals surface area contributed by atoms with Crippen molar-refractivity contribution in [1.29, 1.82) is 0 Å². The molecule has 0 bridgehead atoms. The lowest BCUT2D eigenvalue weighted by Gasteiger charge is -2.12. The van der Waals surface area contributed by atoms with Crippen molar-refractivity contribution < 1.29 is 23.1 Å². The van der Waals surface area contributed by atoms with Crippen molar-refractivity contribution in [2.45, 2.75) is 13.3 Å². The second kappa shape index (κ2) is 7.94. The van der Waals surface area contributed by atoms with E-state index in [1.807, 2.05) is 5.32 Å². The molecule has 25 heavy (non-hydrogen) atoms. The van der Waals surface area contributed by atoms with E-state index >= 15 is 0 Å². The van der Waals surface area contributed by atoms with Crippen LogP contribution in [0.5, 0.6) is 5.75 Å². The maximum absolute atomic E-state index is 13.5. The normalized spacial score (nSPS) is 10.3. The van der Waals surface area contributed by atoms with Crippen molar-refractivity contribution in [3.8, 4) is 5.75 Å². The third kappa shape index (κ3) is 4.67. The molecular formula is C17H15ClF2N2O3. The molecule has 0 spiro atoms. The second-order valence-corrected chi connectivity index (χ2v) is 5.58. The van der Waals surface area contributed by atoms with Gasteiger partial charge in [0.25, 0.3) is 0 Å². The first-order valence-electron chi connectivity index (χ1n) is 7.19. The van der Waals surface area contributed by atoms with E-state index in [4.69, 9.17) is 16.3 Å². The summed E-state index contributed by atoms with van der Waals surface area (Å²) in [6.45, 7) is 1.74. The lowest BCUT2D eigenvalue weighted by molar-refractivity contribution is -0.123. The molecular weight excluding hydrogens is 354 g/mol. The van der Waals surface area contributed by atoms with Gasteiger partial charge < -0.3 is 15.4 Å². The van der Waals surface area contributed by atoms with Gasteiger partial charge in [-0.25, -0.2) is 8.78 Å². The van der Waals surface area contributed by atoms with E-state index < -0.39 is 35.6 Å². The molecule has 2 N–H and O–H groups in total. The van der Waals surface area contributed by atoms with Crippen molar-refractivity contribution in [2.75, 3.05) is 17.7 Å². The molecule has 0 atom stereocenters. The SMILES string of the molecule is COc1cc(Cl)c(C)cc1NC(=O)CC(=O)Nc1c(F)cccc1F. The number of carbonyl (C=O) groups excluding carboxylic acids is 2. The van der Waals surface area contributed by atoms with Crippen molar-refractivity contribution in [2.24, 2.45) is 0 Å². The van der Waals surface area contributed by atoms with Crippen molar-refractivity contribution in [1.82, 2.24) is 0 Å². The lowest BCUT2D eigenvalue weighted by atomic mass is 10.2. The van der Waals surface area contributed by atoms with Crippen LogP contribution in [0.15, 0.2) is 30.3 Å². The van der Waals surface area contributed by atoms with E-state index in [1.54, 1.807) is 13.0 Å². The van der Waals surface area contributed by atoms with Gasteiger partial charge in [-0.05, 0) is 30.7 Å². The van der Waals surface area contributed by atoms with E-state index in [0.717, 1.165) is 12.1 Å². The van der Waals surface area contributed by atoms with Gasteiger partial charge in [-0.15, -0.1) is 0 Å². The average molecular weight is 369 g/mol. The molecule has 0 aliphatic heterocycles. The molecule has 8 heteroatoms. The molecule has 5 nitrogen and oxygen atoms in total. The number of anilines is 2. The fraction of sp³-hybridized carbons (Fsp3) is 0.176. The van der Waals surface area contributed by atoms with Crippen LogP contribution in [0.1, 0.15) is 12.0 Å². The molecule has 0 aromatic heterocycles. The van der Waals surface area contributed by atoms with Gasteiger partial charge in [0.1, 0.15) is 29.5 Å². The number of rotatable bonds is 5. The number of aryl methyl sites for hydroxylation is 1. The Balaban J connectivity index is 2.05. The summed E-state index contributed by atoms with van der Waals surface area (Å²) in [6.07, 6.45) is -0.626. The van der Waals surface area contributed by atoms with Crippen LogP contribution < -0.4 is 15.4 Å². The molecule has 0 saturated heterocycles. The van der Waals surface area contributed by atoms with Crippen molar-refractivity contribution >= 4 is 34.8 Å². The Morgan fingerprint density at radius 1 is 1.12 bits per heavy atom. The number of amides is 2. The number of benzene rings is 2. The monoisotopic (exact) mass is 368 g/mol. The fourth-order valence-electron chi connectivity index (χ4n) is 2.07. The fourth-order valence-corrected chi connectivity index (χ4v) is 2.22. The Bertz CT molecular complexity index is 808. The minimum Gasteiger partial charge on any atom is -0.495 e. The summed E-state index contributed by atoms with van der Waals surface area (Å²) >= 11 is 5.98. The summed E-state index contributed by atoms with van der Waals surface area (Å²) in [5.74, 6) is -3.06. The summed E-state index contributed by atoms with van der Waals surface area (Å²) in [5, 5.41) is 5.01. The molecule has 2 amide bonds. The largest absolute Gasteiger partial charge is 0.495 e. The number of hydrogen-bond donors (Lipinski definition) is 2. The van der Waals surface area contributed by atoms with Gasteiger partial charge in [-0.1, -0.05) is 17.7 Å². The zero-order valence-corrected chi connectivity index (χ0v) is 14.2. The van der Waals surface area contributed by atoms with Gasteiger partial charge in [-0.2, -0.15) is 0 Å². The minimum absolute atomic E-state index is 0.324. The highest BCUT2D eigenvalue weighted by Crippen LogP contribution is 2.31. The van der Waals surface area contributed by atoms with Crippen molar-refractivity contribution in [3.63, 3.8) is 0 Å². The molecule has 0 unspecified atom stereocenters. The van der Waals surface area contributed by atoms with Crippen LogP contribution in [0.25, 0.3) is 0 Å². The number of methoxy groups -OCH3 is 1. The molecule has 2 aromatic carbocycles. The quantitative estimate of drug-likeness (QED) is 0.786. The maximum Gasteiger partial charge on any atom is 0.233 e. The smallest absolute Gasteiger partial charge is 0.233 e. The number of carbonyl (C=O) groups is 2. The first kappa shape index (κ1) is 18.7. The molecule has 2 aromatic rings. The molecule has 0 heterocycles. The maximum atomic E-state index is 13.5. The first-order chi connectivity index (χ1) is 11.8. The third-order valence-corrected chi connectivity index (χ3v) is 3.71. The second-order valence-electron chi connectivity index (χ2n) is 5.17. The van der Waals surface area contributed by atoms with Gasteiger partial charge in [-0.3, -0.25) is 9.59 Å². The van der Waals surface area contributed by atoms with Gasteiger partial charge >= 0.3 is 0 Å². The number of hydrogen-bond acceptors (Lipinski definition) is 3. The number of nitrogens with one attached hydrogen (secondary N) is 2. The molecule has 0 fully saturated rings. The summed E-state index contributed by atoms with van der Waals surface area (Å²) in [4.78, 5) is 23.8. The Kier molecular flexibility index (Phi) is 5.93. The van der Waals surface area contributed by atoms with Gasteiger partial charge in [0.15, 0.2) is 0 Å². The number of ether oxygens (including phenoxy) is 1. The molecule has 0 aliphatic carbocycles. The lowest BCUT2D eigenvalue weighted by Crippen LogP contribution is -2.22. The predicted octanol–water partition coefficient (Wildman–Crippen LogP) is 3.90. The Morgan fingerprint density at radius 3 is 2.32 bits per heavy atom. The topological polar surface area (TPSA) is 67.4 Å². The van der Waals surface area contributed by atoms with Crippen LogP contribution in [-0.4, -0.2) is 18.9 Å². The molecule has 0 aliphatic rings. The van der Waals surface area contributed by atoms with Crippen LogP contribution in [0.4, 0.5) is 20.2 Å². The summed E-state index contributed by atoms with van der Waals surface area (Å²) in [5.41, 5.74) is 0.440. The van der Waals surface area contributed by atoms with Crippen LogP contribution in [0.3, 0.4) is 0 Å². The van der Waals surface area contributed by atoms with E-state index in [9.17, 15) is 18.4 Å². The van der Waals surface area contributed by atoms with E-state index in [0.29, 0.717) is 22.0 Å². The van der Waals surface area contributed by atoms with E-state index in [1.165, 1.54) is 19.2 Å². The van der Waals surface area contributed by atoms with Crippen LogP contribution in [-0.2, 0) is 9.59 Å². The van der Waals surface area contributed by atoms with Crippen LogP contribution >= 0.6 is 11.6 Å². The average Bonchev–Trinajstić information content (AvgIpc) is 2.54. The Labute approximate surface area is 147 Å². The molecule has 0 saturated carbocycles. The predicted molar refractivity (Wildman–Crippen MR) is 91.0 cm³/mol. The highest BCUT2D eigenvalue weighted by Gasteiger charge is 2.16. The molecule has 2 rings (SSSR count). The minimum atomic E-state index is -0.927. The summed E-state index contributed by atoms with van der Waals surface area (Å²) in [6, 6.07) is 6.29. The zero-order valence-electron chi connectivity index (χ0n) is 13.5. The summed E-state index contributed by atoms with van der Waals surface area (Å²) in [7, 11) is 1.41. The Morgan fingerprint density at radius 2 is 1.72 bits per heavy atom. The van der Waals surface area contributed by atoms with Crippen LogP contribution in [0, 0.1) is 18.6 Å². The van der Waals surface area contributed by atoms with Gasteiger partial charge in [0, 0.05) is 11.1 Å². The Hall–Kier alpha value is -2.67. The standard InChI is InChI=1S/C17H15ClF2N2O3/c1-9-6-13(14(25-2)7-10(9)18)21-15(23)8-16(24)22-17-11(19)4-3-5-12(17)20/h3-7H,8H2,1-2H3,(H,21,23)(H,22,24). The van der Waals surface area contributed by atoms with Gasteiger partial charge in [0.05, 0.1) is 12.8 Å². The van der Waals surface area contributed by atoms with Crippen LogP contribution in [0.2, 0.25) is 5.02 Å². The van der Waals surface area contributed by atoms with E-state index in [2.05, 4.69) is 5.32 Å². The highest BCUT2D eigenvalue weighted by atomic mass is 35.5. The summed E-state index contributed by atoms with van der Waals surface area (Å²) < 4.78 is 32.1. The van der Waals surface area contributed by atoms with Gasteiger partial charge in [0.2, 0.25) is 11.8 Å². The third-order valence-electron chi connectivity index (χ3n) is 3.30.